The smallest absolute Gasteiger partial charge is 0.348 e. The highest BCUT2D eigenvalue weighted by molar-refractivity contribution is 5.96. The van der Waals surface area contributed by atoms with Crippen LogP contribution in [0.5, 0.6) is 5.88 Å². The number of nitrogens with two attached hydrogens (primary N) is 1. The Labute approximate surface area is 98.9 Å². The Bertz CT molecular complexity index is 395. The number of nitrogens with zero attached hydrogens (tertiary/aromatic N) is 1. The second kappa shape index (κ2) is 5.05. The quantitative estimate of drug-likeness (QED) is 0.657. The number of nitrogens with one attached hydrogen (secondary N) is 1. The van der Waals surface area contributed by atoms with Gasteiger partial charge in [0.25, 0.3) is 0 Å². The molecule has 1 rings (SSSR count). The average molecular weight is 243 g/mol. The molecule has 4 N–H and O–H groups in total. The van der Waals surface area contributed by atoms with Crippen molar-refractivity contribution in [2.24, 2.45) is 0 Å². The number of H-pyrrole nitrogens is 1. The molecule has 1 aromatic rings. The van der Waals surface area contributed by atoms with Crippen molar-refractivity contribution in [3.63, 3.8) is 0 Å². The van der Waals surface area contributed by atoms with E-state index in [9.17, 15) is 4.79 Å². The van der Waals surface area contributed by atoms with E-state index in [4.69, 9.17) is 20.3 Å². The van der Waals surface area contributed by atoms with Crippen LogP contribution >= 0.6 is 0 Å². The maximum Gasteiger partial charge on any atom is 0.348 e. The minimum absolute atomic E-state index is 0.00666. The summed E-state index contributed by atoms with van der Waals surface area (Å²) in [5.41, 5.74) is 4.97. The van der Waals surface area contributed by atoms with Gasteiger partial charge in [0.1, 0.15) is 12.2 Å². The van der Waals surface area contributed by atoms with Gasteiger partial charge in [0.05, 0.1) is 6.61 Å². The van der Waals surface area contributed by atoms with Crippen LogP contribution in [0.25, 0.3) is 0 Å². The summed E-state index contributed by atoms with van der Waals surface area (Å²) in [5, 5.41) is 14.8. The Balaban J connectivity index is 2.88. The minimum atomic E-state index is -0.630. The first-order chi connectivity index (χ1) is 7.85. The van der Waals surface area contributed by atoms with Crippen LogP contribution < -0.4 is 10.5 Å². The first-order valence-electron chi connectivity index (χ1n) is 5.16. The number of aliphatic hydroxyl groups excluding tert-OH is 1. The molecule has 1 aromatic heterocycles. The zero-order valence-corrected chi connectivity index (χ0v) is 10.1. The molecular formula is C10H17N3O4. The number of carbonyl (C=O) groups is 1. The van der Waals surface area contributed by atoms with Gasteiger partial charge in [0.2, 0.25) is 5.88 Å². The molecule has 0 fully saturated rings. The fourth-order valence-electron chi connectivity index (χ4n) is 1.12. The molecule has 0 radical (unpaired) electrons. The number of aromatic amines is 1. The number of rotatable bonds is 4. The predicted molar refractivity (Wildman–Crippen MR) is 60.7 cm³/mol. The van der Waals surface area contributed by atoms with Crippen molar-refractivity contribution in [3.8, 4) is 5.88 Å². The molecule has 0 saturated carbocycles. The van der Waals surface area contributed by atoms with Gasteiger partial charge in [-0.2, -0.15) is 5.10 Å². The molecule has 0 saturated heterocycles. The van der Waals surface area contributed by atoms with E-state index in [0.29, 0.717) is 0 Å². The van der Waals surface area contributed by atoms with Gasteiger partial charge >= 0.3 is 5.97 Å². The largest absolute Gasteiger partial charge is 0.475 e. The average Bonchev–Trinajstić information content (AvgIpc) is 2.54. The highest BCUT2D eigenvalue weighted by Gasteiger charge is 2.25. The summed E-state index contributed by atoms with van der Waals surface area (Å²) >= 11 is 0. The standard InChI is InChI=1S/C10H17N3O4/c1-10(2,3)17-9(15)6-7(11)12-13-8(6)16-5-4-14/h14H,4-5H2,1-3H3,(H3,11,12,13). The molecule has 1 heterocycles. The fraction of sp³-hybridized carbons (Fsp3) is 0.600. The molecule has 0 unspecified atom stereocenters. The lowest BCUT2D eigenvalue weighted by molar-refractivity contribution is 0.00664. The van der Waals surface area contributed by atoms with Gasteiger partial charge in [-0.25, -0.2) is 9.89 Å². The van der Waals surface area contributed by atoms with Gasteiger partial charge in [-0.05, 0) is 20.8 Å². The number of anilines is 1. The molecule has 0 atom stereocenters. The topological polar surface area (TPSA) is 110 Å². The first-order valence-corrected chi connectivity index (χ1v) is 5.16. The molecule has 0 amide bonds. The highest BCUT2D eigenvalue weighted by Crippen LogP contribution is 2.24. The molecular weight excluding hydrogens is 226 g/mol. The van der Waals surface area contributed by atoms with Crippen LogP contribution in [0.2, 0.25) is 0 Å². The van der Waals surface area contributed by atoms with Crippen LogP contribution in [0.1, 0.15) is 31.1 Å². The van der Waals surface area contributed by atoms with Crippen molar-refractivity contribution in [1.29, 1.82) is 0 Å². The van der Waals surface area contributed by atoms with E-state index in [1.54, 1.807) is 20.8 Å². The van der Waals surface area contributed by atoms with E-state index >= 15 is 0 Å². The molecule has 0 bridgehead atoms. The summed E-state index contributed by atoms with van der Waals surface area (Å²) in [6.45, 7) is 5.10. The third kappa shape index (κ3) is 3.63. The van der Waals surface area contributed by atoms with Crippen molar-refractivity contribution >= 4 is 11.8 Å². The zero-order valence-electron chi connectivity index (χ0n) is 10.1. The Hall–Kier alpha value is -1.76. The molecule has 7 heteroatoms. The van der Waals surface area contributed by atoms with Crippen molar-refractivity contribution in [1.82, 2.24) is 10.2 Å². The first kappa shape index (κ1) is 13.3. The summed E-state index contributed by atoms with van der Waals surface area (Å²) < 4.78 is 10.3. The summed E-state index contributed by atoms with van der Waals surface area (Å²) in [6, 6.07) is 0. The van der Waals surface area contributed by atoms with Gasteiger partial charge < -0.3 is 20.3 Å². The van der Waals surface area contributed by atoms with Gasteiger partial charge in [-0.3, -0.25) is 0 Å². The van der Waals surface area contributed by atoms with E-state index in [1.807, 2.05) is 0 Å². The number of carbonyl (C=O) groups excluding carboxylic acids is 1. The van der Waals surface area contributed by atoms with Crippen LogP contribution in [0.4, 0.5) is 5.82 Å². The number of ether oxygens (including phenoxy) is 2. The van der Waals surface area contributed by atoms with Crippen LogP contribution in [0.15, 0.2) is 0 Å². The second-order valence-electron chi connectivity index (χ2n) is 4.39. The minimum Gasteiger partial charge on any atom is -0.475 e. The van der Waals surface area contributed by atoms with Crippen molar-refractivity contribution in [2.45, 2.75) is 26.4 Å². The van der Waals surface area contributed by atoms with E-state index in [-0.39, 0.29) is 30.5 Å². The molecule has 96 valence electrons. The zero-order chi connectivity index (χ0) is 13.1. The lowest BCUT2D eigenvalue weighted by Gasteiger charge is -2.19. The molecule has 0 aliphatic heterocycles. The maximum atomic E-state index is 11.8. The molecule has 0 aliphatic rings. The SMILES string of the molecule is CC(C)(C)OC(=O)c1c(N)n[nH]c1OCCO. The summed E-state index contributed by atoms with van der Waals surface area (Å²) in [4.78, 5) is 11.8. The van der Waals surface area contributed by atoms with Gasteiger partial charge in [0.15, 0.2) is 11.4 Å². The number of nitrogen functional groups attached to an aromatic ring is 1. The van der Waals surface area contributed by atoms with Crippen molar-refractivity contribution < 1.29 is 19.4 Å². The molecule has 0 aromatic carbocycles. The Morgan fingerprint density at radius 2 is 2.18 bits per heavy atom. The normalized spacial score (nSPS) is 11.3. The number of esters is 1. The van der Waals surface area contributed by atoms with E-state index in [0.717, 1.165) is 0 Å². The monoisotopic (exact) mass is 243 g/mol. The second-order valence-corrected chi connectivity index (χ2v) is 4.39. The Morgan fingerprint density at radius 1 is 1.53 bits per heavy atom. The van der Waals surface area contributed by atoms with E-state index in [1.165, 1.54) is 0 Å². The maximum absolute atomic E-state index is 11.8. The summed E-state index contributed by atoms with van der Waals surface area (Å²) in [6.07, 6.45) is 0. The number of aromatic nitrogens is 2. The fourth-order valence-corrected chi connectivity index (χ4v) is 1.12. The van der Waals surface area contributed by atoms with Crippen LogP contribution in [-0.2, 0) is 4.74 Å². The van der Waals surface area contributed by atoms with E-state index in [2.05, 4.69) is 10.2 Å². The Morgan fingerprint density at radius 3 is 2.71 bits per heavy atom. The summed E-state index contributed by atoms with van der Waals surface area (Å²) in [5.74, 6) is -0.505. The highest BCUT2D eigenvalue weighted by atomic mass is 16.6. The summed E-state index contributed by atoms with van der Waals surface area (Å²) in [7, 11) is 0. The van der Waals surface area contributed by atoms with Crippen molar-refractivity contribution in [2.75, 3.05) is 18.9 Å². The van der Waals surface area contributed by atoms with Crippen molar-refractivity contribution in [3.05, 3.63) is 5.56 Å². The third-order valence-corrected chi connectivity index (χ3v) is 1.70. The van der Waals surface area contributed by atoms with Crippen LogP contribution in [0.3, 0.4) is 0 Å². The molecule has 0 aliphatic carbocycles. The number of hydrogen-bond donors (Lipinski definition) is 3. The van der Waals surface area contributed by atoms with E-state index < -0.39 is 11.6 Å². The van der Waals surface area contributed by atoms with Crippen LogP contribution in [0, 0.1) is 0 Å². The lowest BCUT2D eigenvalue weighted by atomic mass is 10.2. The van der Waals surface area contributed by atoms with Gasteiger partial charge in [0, 0.05) is 0 Å². The van der Waals surface area contributed by atoms with Crippen LogP contribution in [-0.4, -0.2) is 40.1 Å². The van der Waals surface area contributed by atoms with Gasteiger partial charge in [-0.1, -0.05) is 0 Å². The third-order valence-electron chi connectivity index (χ3n) is 1.70. The molecule has 7 nitrogen and oxygen atoms in total. The lowest BCUT2D eigenvalue weighted by Crippen LogP contribution is -2.24. The number of aliphatic hydroxyl groups is 1. The Kier molecular flexibility index (Phi) is 3.95. The van der Waals surface area contributed by atoms with Gasteiger partial charge in [-0.15, -0.1) is 0 Å². The molecule has 17 heavy (non-hydrogen) atoms. The number of hydrogen-bond acceptors (Lipinski definition) is 6. The molecule has 0 spiro atoms. The predicted octanol–water partition coefficient (Wildman–Crippen LogP) is 0.318.